The lowest BCUT2D eigenvalue weighted by molar-refractivity contribution is -0.0315. The molecule has 1 amide bonds. The van der Waals surface area contributed by atoms with Crippen molar-refractivity contribution < 1.29 is 19.0 Å². The molecule has 1 atom stereocenters. The smallest absolute Gasteiger partial charge is 0.407 e. The van der Waals surface area contributed by atoms with Crippen LogP contribution in [0.15, 0.2) is 18.2 Å². The predicted molar refractivity (Wildman–Crippen MR) is 102 cm³/mol. The number of ether oxygens (including phenoxy) is 3. The molecule has 146 valence electrons. The monoisotopic (exact) mass is 384 g/mol. The summed E-state index contributed by atoms with van der Waals surface area (Å²) in [7, 11) is 0. The molecule has 0 saturated carbocycles. The fraction of sp³-hybridized carbons (Fsp3) is 0.632. The first-order valence-corrected chi connectivity index (χ1v) is 9.36. The highest BCUT2D eigenvalue weighted by Crippen LogP contribution is 2.25. The molecule has 0 aliphatic carbocycles. The quantitative estimate of drug-likeness (QED) is 0.813. The van der Waals surface area contributed by atoms with Crippen molar-refractivity contribution in [1.82, 2.24) is 10.2 Å². The van der Waals surface area contributed by atoms with Crippen LogP contribution in [0.4, 0.5) is 4.79 Å². The highest BCUT2D eigenvalue weighted by atomic mass is 35.5. The summed E-state index contributed by atoms with van der Waals surface area (Å²) in [6.07, 6.45) is -0.502. The number of nitrogens with zero attached hydrogens (tertiary/aromatic N) is 1. The van der Waals surface area contributed by atoms with E-state index < -0.39 is 11.7 Å². The third kappa shape index (κ3) is 7.02. The van der Waals surface area contributed by atoms with Gasteiger partial charge >= 0.3 is 6.09 Å². The van der Waals surface area contributed by atoms with Gasteiger partial charge in [-0.2, -0.15) is 0 Å². The van der Waals surface area contributed by atoms with Crippen LogP contribution in [0.3, 0.4) is 0 Å². The third-order valence-corrected chi connectivity index (χ3v) is 4.05. The minimum atomic E-state index is -0.508. The molecule has 0 bridgehead atoms. The van der Waals surface area contributed by atoms with E-state index in [4.69, 9.17) is 25.8 Å². The number of amides is 1. The van der Waals surface area contributed by atoms with Gasteiger partial charge in [0.1, 0.15) is 11.4 Å². The number of benzene rings is 1. The van der Waals surface area contributed by atoms with Crippen LogP contribution >= 0.6 is 11.6 Å². The van der Waals surface area contributed by atoms with E-state index in [0.29, 0.717) is 31.3 Å². The second-order valence-electron chi connectivity index (χ2n) is 7.30. The number of rotatable bonds is 6. The Morgan fingerprint density at radius 3 is 2.88 bits per heavy atom. The van der Waals surface area contributed by atoms with Gasteiger partial charge in [-0.05, 0) is 45.9 Å². The standard InChI is InChI=1S/C19H29ClN2O4/c1-5-24-17-7-6-15(20)10-14(17)12-22-8-9-25-16(13-22)11-21-18(23)26-19(2,3)4/h6-7,10,16H,5,8-9,11-13H2,1-4H3,(H,21,23)/t16-/m0/s1. The Labute approximate surface area is 160 Å². The first kappa shape index (κ1) is 20.8. The highest BCUT2D eigenvalue weighted by molar-refractivity contribution is 6.30. The van der Waals surface area contributed by atoms with E-state index in [1.165, 1.54) is 0 Å². The van der Waals surface area contributed by atoms with Crippen LogP contribution in [-0.4, -0.2) is 55.5 Å². The Kier molecular flexibility index (Phi) is 7.55. The SMILES string of the molecule is CCOc1ccc(Cl)cc1CN1CCO[C@@H](CNC(=O)OC(C)(C)C)C1. The van der Waals surface area contributed by atoms with Gasteiger partial charge in [0.25, 0.3) is 0 Å². The van der Waals surface area contributed by atoms with Gasteiger partial charge in [-0.15, -0.1) is 0 Å². The van der Waals surface area contributed by atoms with Gasteiger partial charge in [-0.1, -0.05) is 11.6 Å². The molecule has 0 unspecified atom stereocenters. The zero-order chi connectivity index (χ0) is 19.2. The molecule has 6 nitrogen and oxygen atoms in total. The molecule has 0 radical (unpaired) electrons. The number of hydrogen-bond acceptors (Lipinski definition) is 5. The zero-order valence-electron chi connectivity index (χ0n) is 16.0. The second-order valence-corrected chi connectivity index (χ2v) is 7.73. The normalized spacial score (nSPS) is 18.4. The minimum absolute atomic E-state index is 0.0778. The van der Waals surface area contributed by atoms with Crippen LogP contribution in [0.2, 0.25) is 5.02 Å². The Balaban J connectivity index is 1.88. The fourth-order valence-electron chi connectivity index (χ4n) is 2.77. The van der Waals surface area contributed by atoms with Gasteiger partial charge in [0, 0.05) is 36.8 Å². The Morgan fingerprint density at radius 1 is 1.42 bits per heavy atom. The molecule has 1 aliphatic rings. The summed E-state index contributed by atoms with van der Waals surface area (Å²) < 4.78 is 16.7. The van der Waals surface area contributed by atoms with E-state index in [-0.39, 0.29) is 6.10 Å². The summed E-state index contributed by atoms with van der Waals surface area (Å²) in [4.78, 5) is 14.1. The maximum atomic E-state index is 11.8. The number of hydrogen-bond donors (Lipinski definition) is 1. The molecule has 2 rings (SSSR count). The number of carbonyl (C=O) groups excluding carboxylic acids is 1. The van der Waals surface area contributed by atoms with Gasteiger partial charge in [0.15, 0.2) is 0 Å². The van der Waals surface area contributed by atoms with E-state index in [1.54, 1.807) is 0 Å². The summed E-state index contributed by atoms with van der Waals surface area (Å²) >= 11 is 6.14. The average Bonchev–Trinajstić information content (AvgIpc) is 2.54. The number of alkyl carbamates (subject to hydrolysis) is 1. The van der Waals surface area contributed by atoms with Gasteiger partial charge < -0.3 is 19.5 Å². The van der Waals surface area contributed by atoms with Crippen molar-refractivity contribution >= 4 is 17.7 Å². The van der Waals surface area contributed by atoms with Gasteiger partial charge in [0.05, 0.1) is 19.3 Å². The summed E-state index contributed by atoms with van der Waals surface area (Å²) in [5, 5.41) is 3.47. The van der Waals surface area contributed by atoms with Gasteiger partial charge in [-0.3, -0.25) is 4.90 Å². The van der Waals surface area contributed by atoms with Crippen LogP contribution in [0, 0.1) is 0 Å². The van der Waals surface area contributed by atoms with Crippen molar-refractivity contribution in [3.05, 3.63) is 28.8 Å². The molecule has 1 aliphatic heterocycles. The lowest BCUT2D eigenvalue weighted by Gasteiger charge is -2.33. The van der Waals surface area contributed by atoms with Crippen molar-refractivity contribution in [3.63, 3.8) is 0 Å². The summed E-state index contributed by atoms with van der Waals surface area (Å²) in [6.45, 7) is 11.4. The lowest BCUT2D eigenvalue weighted by atomic mass is 10.1. The Morgan fingerprint density at radius 2 is 2.19 bits per heavy atom. The first-order chi connectivity index (χ1) is 12.3. The Hall–Kier alpha value is -1.50. The topological polar surface area (TPSA) is 60.0 Å². The molecule has 0 aromatic heterocycles. The first-order valence-electron chi connectivity index (χ1n) is 8.99. The largest absolute Gasteiger partial charge is 0.494 e. The van der Waals surface area contributed by atoms with E-state index in [2.05, 4.69) is 10.2 Å². The van der Waals surface area contributed by atoms with E-state index in [9.17, 15) is 4.79 Å². The summed E-state index contributed by atoms with van der Waals surface area (Å²) in [5.41, 5.74) is 0.548. The molecule has 7 heteroatoms. The molecule has 0 spiro atoms. The van der Waals surface area contributed by atoms with Crippen molar-refractivity contribution in [2.45, 2.75) is 45.9 Å². The van der Waals surface area contributed by atoms with Crippen molar-refractivity contribution in [2.75, 3.05) is 32.8 Å². The average molecular weight is 385 g/mol. The van der Waals surface area contributed by atoms with Crippen LogP contribution < -0.4 is 10.1 Å². The van der Waals surface area contributed by atoms with Crippen LogP contribution in [-0.2, 0) is 16.0 Å². The summed E-state index contributed by atoms with van der Waals surface area (Å²) in [6, 6.07) is 5.68. The predicted octanol–water partition coefficient (Wildman–Crippen LogP) is 3.46. The lowest BCUT2D eigenvalue weighted by Crippen LogP contribution is -2.47. The molecule has 26 heavy (non-hydrogen) atoms. The zero-order valence-corrected chi connectivity index (χ0v) is 16.8. The van der Waals surface area contributed by atoms with E-state index in [0.717, 1.165) is 24.4 Å². The maximum absolute atomic E-state index is 11.8. The molecule has 1 heterocycles. The maximum Gasteiger partial charge on any atom is 0.407 e. The van der Waals surface area contributed by atoms with E-state index >= 15 is 0 Å². The Bertz CT molecular complexity index is 604. The van der Waals surface area contributed by atoms with E-state index in [1.807, 2.05) is 45.9 Å². The molecule has 1 aromatic carbocycles. The molecular formula is C19H29ClN2O4. The minimum Gasteiger partial charge on any atom is -0.494 e. The molecule has 1 N–H and O–H groups in total. The number of carbonyl (C=O) groups is 1. The van der Waals surface area contributed by atoms with Crippen LogP contribution in [0.5, 0.6) is 5.75 Å². The molecule has 1 fully saturated rings. The van der Waals surface area contributed by atoms with Gasteiger partial charge in [0.2, 0.25) is 0 Å². The number of nitrogens with one attached hydrogen (secondary N) is 1. The fourth-order valence-corrected chi connectivity index (χ4v) is 2.96. The molecular weight excluding hydrogens is 356 g/mol. The third-order valence-electron chi connectivity index (χ3n) is 3.81. The van der Waals surface area contributed by atoms with Crippen LogP contribution in [0.25, 0.3) is 0 Å². The van der Waals surface area contributed by atoms with Crippen molar-refractivity contribution in [2.24, 2.45) is 0 Å². The number of halogens is 1. The van der Waals surface area contributed by atoms with Gasteiger partial charge in [-0.25, -0.2) is 4.79 Å². The number of morpholine rings is 1. The second kappa shape index (κ2) is 9.44. The molecule has 1 aromatic rings. The highest BCUT2D eigenvalue weighted by Gasteiger charge is 2.23. The van der Waals surface area contributed by atoms with Crippen molar-refractivity contribution in [3.8, 4) is 5.75 Å². The molecule has 1 saturated heterocycles. The summed E-state index contributed by atoms with van der Waals surface area (Å²) in [5.74, 6) is 0.854. The van der Waals surface area contributed by atoms with Crippen LogP contribution in [0.1, 0.15) is 33.3 Å². The van der Waals surface area contributed by atoms with Crippen molar-refractivity contribution in [1.29, 1.82) is 0 Å².